The van der Waals surface area contributed by atoms with E-state index in [4.69, 9.17) is 0 Å². The summed E-state index contributed by atoms with van der Waals surface area (Å²) in [6.07, 6.45) is 8.05. The number of thioether (sulfide) groups is 1. The van der Waals surface area contributed by atoms with Gasteiger partial charge in [-0.05, 0) is 37.3 Å². The highest BCUT2D eigenvalue weighted by Crippen LogP contribution is 2.29. The molecule has 2 heterocycles. The average molecular weight is 363 g/mol. The van der Waals surface area contributed by atoms with E-state index in [0.717, 1.165) is 18.6 Å². The SMILES string of the molecule is CSCCC(NC(=O)C1CC1)C(=O)N1CCN(c2ncccn2)CC1. The van der Waals surface area contributed by atoms with Gasteiger partial charge in [-0.2, -0.15) is 11.8 Å². The predicted molar refractivity (Wildman–Crippen MR) is 98.5 cm³/mol. The smallest absolute Gasteiger partial charge is 0.245 e. The van der Waals surface area contributed by atoms with Crippen molar-refractivity contribution in [1.82, 2.24) is 20.2 Å². The molecule has 0 spiro atoms. The van der Waals surface area contributed by atoms with Crippen LogP contribution in [0.4, 0.5) is 5.95 Å². The standard InChI is InChI=1S/C17H25N5O2S/c1-25-12-5-14(20-15(23)13-3-4-13)16(24)21-8-10-22(11-9-21)17-18-6-2-7-19-17/h2,6-7,13-14H,3-5,8-12H2,1H3,(H,20,23). The number of hydrogen-bond donors (Lipinski definition) is 1. The molecule has 1 N–H and O–H groups in total. The van der Waals surface area contributed by atoms with Gasteiger partial charge in [0.25, 0.3) is 0 Å². The van der Waals surface area contributed by atoms with E-state index in [-0.39, 0.29) is 17.7 Å². The number of rotatable bonds is 7. The summed E-state index contributed by atoms with van der Waals surface area (Å²) in [6, 6.07) is 1.39. The summed E-state index contributed by atoms with van der Waals surface area (Å²) in [7, 11) is 0. The Kier molecular flexibility index (Phi) is 6.12. The van der Waals surface area contributed by atoms with Crippen LogP contribution in [0.3, 0.4) is 0 Å². The van der Waals surface area contributed by atoms with Crippen LogP contribution in [0.1, 0.15) is 19.3 Å². The van der Waals surface area contributed by atoms with Gasteiger partial charge in [0.05, 0.1) is 0 Å². The first-order valence-corrected chi connectivity index (χ1v) is 10.2. The van der Waals surface area contributed by atoms with Crippen molar-refractivity contribution in [3.8, 4) is 0 Å². The van der Waals surface area contributed by atoms with E-state index < -0.39 is 6.04 Å². The van der Waals surface area contributed by atoms with Crippen LogP contribution in [0.5, 0.6) is 0 Å². The molecule has 1 aliphatic heterocycles. The highest BCUT2D eigenvalue weighted by molar-refractivity contribution is 7.98. The molecule has 25 heavy (non-hydrogen) atoms. The van der Waals surface area contributed by atoms with E-state index in [1.54, 1.807) is 30.2 Å². The van der Waals surface area contributed by atoms with Crippen LogP contribution in [-0.4, -0.2) is 70.9 Å². The zero-order valence-corrected chi connectivity index (χ0v) is 15.4. The van der Waals surface area contributed by atoms with Crippen LogP contribution in [0.25, 0.3) is 0 Å². The zero-order chi connectivity index (χ0) is 17.6. The van der Waals surface area contributed by atoms with Crippen molar-refractivity contribution in [2.24, 2.45) is 5.92 Å². The summed E-state index contributed by atoms with van der Waals surface area (Å²) < 4.78 is 0. The molecular weight excluding hydrogens is 338 g/mol. The highest BCUT2D eigenvalue weighted by Gasteiger charge is 2.34. The molecule has 2 amide bonds. The minimum absolute atomic E-state index is 0.0378. The van der Waals surface area contributed by atoms with Crippen molar-refractivity contribution in [2.45, 2.75) is 25.3 Å². The van der Waals surface area contributed by atoms with Gasteiger partial charge in [-0.1, -0.05) is 0 Å². The molecule has 1 unspecified atom stereocenters. The Morgan fingerprint density at radius 2 is 1.92 bits per heavy atom. The van der Waals surface area contributed by atoms with E-state index in [9.17, 15) is 9.59 Å². The van der Waals surface area contributed by atoms with Gasteiger partial charge < -0.3 is 15.1 Å². The van der Waals surface area contributed by atoms with Gasteiger partial charge in [0.2, 0.25) is 17.8 Å². The predicted octanol–water partition coefficient (Wildman–Crippen LogP) is 0.773. The lowest BCUT2D eigenvalue weighted by atomic mass is 10.1. The monoisotopic (exact) mass is 363 g/mol. The van der Waals surface area contributed by atoms with Gasteiger partial charge >= 0.3 is 0 Å². The maximum absolute atomic E-state index is 12.9. The van der Waals surface area contributed by atoms with Crippen LogP contribution in [0.15, 0.2) is 18.5 Å². The van der Waals surface area contributed by atoms with Gasteiger partial charge in [-0.15, -0.1) is 0 Å². The summed E-state index contributed by atoms with van der Waals surface area (Å²) in [6.45, 7) is 2.68. The fraction of sp³-hybridized carbons (Fsp3) is 0.647. The lowest BCUT2D eigenvalue weighted by Gasteiger charge is -2.36. The molecule has 1 aromatic rings. The van der Waals surface area contributed by atoms with E-state index in [0.29, 0.717) is 38.5 Å². The molecule has 0 radical (unpaired) electrons. The largest absolute Gasteiger partial charge is 0.344 e. The molecule has 1 atom stereocenters. The van der Waals surface area contributed by atoms with Crippen molar-refractivity contribution < 1.29 is 9.59 Å². The van der Waals surface area contributed by atoms with Crippen molar-refractivity contribution in [3.05, 3.63) is 18.5 Å². The van der Waals surface area contributed by atoms with Crippen LogP contribution in [-0.2, 0) is 9.59 Å². The number of anilines is 1. The Balaban J connectivity index is 1.55. The maximum Gasteiger partial charge on any atom is 0.245 e. The second-order valence-corrected chi connectivity index (χ2v) is 7.46. The minimum Gasteiger partial charge on any atom is -0.344 e. The lowest BCUT2D eigenvalue weighted by molar-refractivity contribution is -0.137. The number of hydrogen-bond acceptors (Lipinski definition) is 6. The third kappa shape index (κ3) is 4.84. The molecule has 136 valence electrons. The molecule has 2 aliphatic rings. The van der Waals surface area contributed by atoms with Gasteiger partial charge in [-0.25, -0.2) is 9.97 Å². The highest BCUT2D eigenvalue weighted by atomic mass is 32.2. The molecule has 3 rings (SSSR count). The summed E-state index contributed by atoms with van der Waals surface area (Å²) in [5.74, 6) is 1.76. The Labute approximate surface area is 152 Å². The molecule has 1 aromatic heterocycles. The first-order chi connectivity index (χ1) is 12.2. The first-order valence-electron chi connectivity index (χ1n) is 8.79. The summed E-state index contributed by atoms with van der Waals surface area (Å²) in [5, 5.41) is 2.97. The number of aromatic nitrogens is 2. The molecule has 0 bridgehead atoms. The third-order valence-corrected chi connectivity index (χ3v) is 5.24. The fourth-order valence-electron chi connectivity index (χ4n) is 2.93. The van der Waals surface area contributed by atoms with Gasteiger partial charge in [0.1, 0.15) is 6.04 Å². The van der Waals surface area contributed by atoms with Gasteiger partial charge in [0.15, 0.2) is 0 Å². The topological polar surface area (TPSA) is 78.4 Å². The number of carbonyl (C=O) groups excluding carboxylic acids is 2. The number of carbonyl (C=O) groups is 2. The van der Waals surface area contributed by atoms with E-state index in [2.05, 4.69) is 20.2 Å². The second kappa shape index (κ2) is 8.51. The van der Waals surface area contributed by atoms with Crippen molar-refractivity contribution in [3.63, 3.8) is 0 Å². The number of piperazine rings is 1. The number of amides is 2. The maximum atomic E-state index is 12.9. The Morgan fingerprint density at radius 3 is 2.52 bits per heavy atom. The molecule has 1 aliphatic carbocycles. The zero-order valence-electron chi connectivity index (χ0n) is 14.6. The van der Waals surface area contributed by atoms with E-state index >= 15 is 0 Å². The number of nitrogens with zero attached hydrogens (tertiary/aromatic N) is 4. The van der Waals surface area contributed by atoms with Gasteiger partial charge in [-0.3, -0.25) is 9.59 Å². The Hall–Kier alpha value is -1.83. The van der Waals surface area contributed by atoms with Crippen LogP contribution in [0, 0.1) is 5.92 Å². The quantitative estimate of drug-likeness (QED) is 0.771. The number of nitrogens with one attached hydrogen (secondary N) is 1. The van der Waals surface area contributed by atoms with Crippen LogP contribution >= 0.6 is 11.8 Å². The van der Waals surface area contributed by atoms with Crippen molar-refractivity contribution >= 4 is 29.5 Å². The average Bonchev–Trinajstić information content (AvgIpc) is 3.50. The van der Waals surface area contributed by atoms with Gasteiger partial charge in [0, 0.05) is 44.5 Å². The van der Waals surface area contributed by atoms with E-state index in [1.165, 1.54) is 0 Å². The molecule has 2 fully saturated rings. The molecular formula is C17H25N5O2S. The third-order valence-electron chi connectivity index (χ3n) is 4.60. The summed E-state index contributed by atoms with van der Waals surface area (Å²) >= 11 is 1.70. The summed E-state index contributed by atoms with van der Waals surface area (Å²) in [5.41, 5.74) is 0. The van der Waals surface area contributed by atoms with Crippen molar-refractivity contribution in [1.29, 1.82) is 0 Å². The van der Waals surface area contributed by atoms with Crippen LogP contribution < -0.4 is 10.2 Å². The van der Waals surface area contributed by atoms with Crippen molar-refractivity contribution in [2.75, 3.05) is 43.1 Å². The summed E-state index contributed by atoms with van der Waals surface area (Å²) in [4.78, 5) is 37.4. The second-order valence-electron chi connectivity index (χ2n) is 6.48. The normalized spacial score (nSPS) is 18.8. The first kappa shape index (κ1) is 18.0. The van der Waals surface area contributed by atoms with E-state index in [1.807, 2.05) is 11.2 Å². The fourth-order valence-corrected chi connectivity index (χ4v) is 3.40. The Bertz CT molecular complexity index is 588. The Morgan fingerprint density at radius 1 is 1.24 bits per heavy atom. The minimum atomic E-state index is -0.403. The molecule has 1 saturated carbocycles. The molecule has 7 nitrogen and oxygen atoms in total. The lowest BCUT2D eigenvalue weighted by Crippen LogP contribution is -2.55. The van der Waals surface area contributed by atoms with Crippen LogP contribution in [0.2, 0.25) is 0 Å². The molecule has 1 saturated heterocycles. The molecule has 8 heteroatoms. The molecule has 0 aromatic carbocycles.